The minimum absolute atomic E-state index is 0.317. The second-order valence-electron chi connectivity index (χ2n) is 4.22. The topological polar surface area (TPSA) is 18.5 Å². The fraction of sp³-hybridized carbons (Fsp3) is 0.538. The molecule has 1 saturated carbocycles. The summed E-state index contributed by atoms with van der Waals surface area (Å²) in [6, 6.07) is 8.22. The summed E-state index contributed by atoms with van der Waals surface area (Å²) < 4.78 is 12.6. The Morgan fingerprint density at radius 1 is 1.25 bits per heavy atom. The van der Waals surface area contributed by atoms with Crippen molar-refractivity contribution >= 4 is 22.6 Å². The molecule has 0 saturated heterocycles. The van der Waals surface area contributed by atoms with Crippen LogP contribution >= 0.6 is 22.6 Å². The van der Waals surface area contributed by atoms with Crippen molar-refractivity contribution in [3.63, 3.8) is 0 Å². The van der Waals surface area contributed by atoms with E-state index in [4.69, 9.17) is 9.47 Å². The van der Waals surface area contributed by atoms with E-state index in [9.17, 15) is 0 Å². The highest BCUT2D eigenvalue weighted by Crippen LogP contribution is 2.25. The lowest BCUT2D eigenvalue weighted by Crippen LogP contribution is -2.29. The number of rotatable bonds is 3. The SMILES string of the molecule is COC1CCCC(Oc2cccc(I)c2)C1. The van der Waals surface area contributed by atoms with E-state index in [2.05, 4.69) is 34.7 Å². The molecule has 0 radical (unpaired) electrons. The highest BCUT2D eigenvalue weighted by atomic mass is 127. The highest BCUT2D eigenvalue weighted by molar-refractivity contribution is 14.1. The van der Waals surface area contributed by atoms with Crippen LogP contribution < -0.4 is 4.74 Å². The van der Waals surface area contributed by atoms with Gasteiger partial charge in [-0.2, -0.15) is 0 Å². The van der Waals surface area contributed by atoms with Crippen molar-refractivity contribution < 1.29 is 9.47 Å². The lowest BCUT2D eigenvalue weighted by atomic mass is 9.95. The zero-order valence-electron chi connectivity index (χ0n) is 9.49. The minimum Gasteiger partial charge on any atom is -0.490 e. The maximum Gasteiger partial charge on any atom is 0.120 e. The summed E-state index contributed by atoms with van der Waals surface area (Å²) in [6.45, 7) is 0. The van der Waals surface area contributed by atoms with E-state index in [1.54, 1.807) is 7.11 Å². The van der Waals surface area contributed by atoms with Crippen LogP contribution in [-0.2, 0) is 4.74 Å². The van der Waals surface area contributed by atoms with Gasteiger partial charge in [0.1, 0.15) is 11.9 Å². The van der Waals surface area contributed by atoms with Gasteiger partial charge in [0.05, 0.1) is 6.10 Å². The monoisotopic (exact) mass is 332 g/mol. The Balaban J connectivity index is 1.94. The number of hydrogen-bond donors (Lipinski definition) is 0. The standard InChI is InChI=1S/C13H17IO2/c1-15-11-5-3-7-13(9-11)16-12-6-2-4-10(14)8-12/h2,4,6,8,11,13H,3,5,7,9H2,1H3. The lowest BCUT2D eigenvalue weighted by molar-refractivity contribution is 0.0209. The molecule has 88 valence electrons. The molecule has 1 fully saturated rings. The molecule has 2 atom stereocenters. The Labute approximate surface area is 110 Å². The van der Waals surface area contributed by atoms with E-state index >= 15 is 0 Å². The van der Waals surface area contributed by atoms with Crippen molar-refractivity contribution in [3.05, 3.63) is 27.8 Å². The van der Waals surface area contributed by atoms with Gasteiger partial charge in [0.2, 0.25) is 0 Å². The molecule has 1 aliphatic carbocycles. The molecule has 0 bridgehead atoms. The molecule has 3 heteroatoms. The van der Waals surface area contributed by atoms with Crippen LogP contribution in [0, 0.1) is 3.57 Å². The molecule has 0 spiro atoms. The number of ether oxygens (including phenoxy) is 2. The quantitative estimate of drug-likeness (QED) is 0.787. The normalized spacial score (nSPS) is 25.4. The fourth-order valence-corrected chi connectivity index (χ4v) is 2.67. The third kappa shape index (κ3) is 3.35. The predicted molar refractivity (Wildman–Crippen MR) is 72.8 cm³/mol. The van der Waals surface area contributed by atoms with Crippen molar-refractivity contribution in [2.75, 3.05) is 7.11 Å². The maximum absolute atomic E-state index is 5.98. The van der Waals surface area contributed by atoms with Crippen LogP contribution in [0.4, 0.5) is 0 Å². The predicted octanol–water partition coefficient (Wildman–Crippen LogP) is 3.63. The van der Waals surface area contributed by atoms with Crippen molar-refractivity contribution in [2.24, 2.45) is 0 Å². The first-order valence-corrected chi connectivity index (χ1v) is 6.81. The smallest absolute Gasteiger partial charge is 0.120 e. The number of benzene rings is 1. The van der Waals surface area contributed by atoms with Gasteiger partial charge in [-0.1, -0.05) is 6.07 Å². The molecule has 0 aliphatic heterocycles. The van der Waals surface area contributed by atoms with Gasteiger partial charge in [-0.15, -0.1) is 0 Å². The van der Waals surface area contributed by atoms with E-state index in [0.29, 0.717) is 12.2 Å². The molecule has 1 aromatic carbocycles. The third-order valence-electron chi connectivity index (χ3n) is 3.01. The van der Waals surface area contributed by atoms with Crippen molar-refractivity contribution in [2.45, 2.75) is 37.9 Å². The molecular weight excluding hydrogens is 315 g/mol. The van der Waals surface area contributed by atoms with Crippen LogP contribution in [0.2, 0.25) is 0 Å². The molecule has 2 unspecified atom stereocenters. The molecule has 0 amide bonds. The Kier molecular flexibility index (Phi) is 4.46. The van der Waals surface area contributed by atoms with Gasteiger partial charge in [0.25, 0.3) is 0 Å². The summed E-state index contributed by atoms with van der Waals surface area (Å²) in [7, 11) is 1.79. The zero-order chi connectivity index (χ0) is 11.4. The Hall–Kier alpha value is -0.290. The molecule has 0 heterocycles. The van der Waals surface area contributed by atoms with Crippen LogP contribution in [0.25, 0.3) is 0 Å². The van der Waals surface area contributed by atoms with Crippen molar-refractivity contribution in [3.8, 4) is 5.75 Å². The average molecular weight is 332 g/mol. The Morgan fingerprint density at radius 2 is 2.06 bits per heavy atom. The number of halogens is 1. The number of methoxy groups -OCH3 is 1. The second kappa shape index (κ2) is 5.87. The van der Waals surface area contributed by atoms with Crippen LogP contribution in [0.1, 0.15) is 25.7 Å². The average Bonchev–Trinajstić information content (AvgIpc) is 2.29. The van der Waals surface area contributed by atoms with Gasteiger partial charge in [0, 0.05) is 17.1 Å². The van der Waals surface area contributed by atoms with Gasteiger partial charge in [-0.05, 0) is 60.1 Å². The largest absolute Gasteiger partial charge is 0.490 e. The summed E-state index contributed by atoms with van der Waals surface area (Å²) in [6.07, 6.45) is 5.22. The van der Waals surface area contributed by atoms with Crippen molar-refractivity contribution in [1.82, 2.24) is 0 Å². The van der Waals surface area contributed by atoms with Gasteiger partial charge in [-0.25, -0.2) is 0 Å². The van der Waals surface area contributed by atoms with Gasteiger partial charge in [0.15, 0.2) is 0 Å². The number of hydrogen-bond acceptors (Lipinski definition) is 2. The summed E-state index contributed by atoms with van der Waals surface area (Å²) in [5, 5.41) is 0. The molecule has 2 nitrogen and oxygen atoms in total. The molecular formula is C13H17IO2. The first kappa shape index (κ1) is 12.2. The maximum atomic E-state index is 5.98. The van der Waals surface area contributed by atoms with E-state index in [0.717, 1.165) is 18.6 Å². The first-order chi connectivity index (χ1) is 7.78. The lowest BCUT2D eigenvalue weighted by Gasteiger charge is -2.28. The molecule has 0 aromatic heterocycles. The van der Waals surface area contributed by atoms with Gasteiger partial charge < -0.3 is 9.47 Å². The summed E-state index contributed by atoms with van der Waals surface area (Å²) in [4.78, 5) is 0. The van der Waals surface area contributed by atoms with Gasteiger partial charge >= 0.3 is 0 Å². The minimum atomic E-state index is 0.317. The van der Waals surface area contributed by atoms with E-state index < -0.39 is 0 Å². The summed E-state index contributed by atoms with van der Waals surface area (Å²) >= 11 is 2.31. The fourth-order valence-electron chi connectivity index (χ4n) is 2.16. The van der Waals surface area contributed by atoms with E-state index in [1.165, 1.54) is 16.4 Å². The van der Waals surface area contributed by atoms with Crippen LogP contribution in [-0.4, -0.2) is 19.3 Å². The summed E-state index contributed by atoms with van der Waals surface area (Å²) in [5.74, 6) is 0.980. The van der Waals surface area contributed by atoms with Crippen molar-refractivity contribution in [1.29, 1.82) is 0 Å². The third-order valence-corrected chi connectivity index (χ3v) is 3.68. The first-order valence-electron chi connectivity index (χ1n) is 5.73. The summed E-state index contributed by atoms with van der Waals surface area (Å²) in [5.41, 5.74) is 0. The Bertz CT molecular complexity index is 340. The zero-order valence-corrected chi connectivity index (χ0v) is 11.6. The van der Waals surface area contributed by atoms with Crippen LogP contribution in [0.3, 0.4) is 0 Å². The molecule has 1 aromatic rings. The van der Waals surface area contributed by atoms with Crippen LogP contribution in [0.5, 0.6) is 5.75 Å². The molecule has 2 rings (SSSR count). The van der Waals surface area contributed by atoms with Gasteiger partial charge in [-0.3, -0.25) is 0 Å². The molecule has 16 heavy (non-hydrogen) atoms. The van der Waals surface area contributed by atoms with E-state index in [-0.39, 0.29) is 0 Å². The second-order valence-corrected chi connectivity index (χ2v) is 5.47. The highest BCUT2D eigenvalue weighted by Gasteiger charge is 2.22. The molecule has 0 N–H and O–H groups in total. The molecule has 1 aliphatic rings. The van der Waals surface area contributed by atoms with E-state index in [1.807, 2.05) is 12.1 Å². The van der Waals surface area contributed by atoms with Crippen LogP contribution in [0.15, 0.2) is 24.3 Å². The Morgan fingerprint density at radius 3 is 2.81 bits per heavy atom.